The van der Waals surface area contributed by atoms with Crippen molar-refractivity contribution in [3.05, 3.63) is 10.6 Å². The van der Waals surface area contributed by atoms with Crippen LogP contribution in [-0.4, -0.2) is 66.4 Å². The van der Waals surface area contributed by atoms with Crippen LogP contribution in [0.1, 0.15) is 6.92 Å². The summed E-state index contributed by atoms with van der Waals surface area (Å²) in [7, 11) is 5.89. The molecule has 3 rings (SSSR count). The van der Waals surface area contributed by atoms with Crippen molar-refractivity contribution in [2.24, 2.45) is 13.0 Å². The fourth-order valence-corrected chi connectivity index (χ4v) is 6.68. The molecule has 3 atom stereocenters. The maximum Gasteiger partial charge on any atom is 0.355 e. The number of tetrazole rings is 1. The van der Waals surface area contributed by atoms with Gasteiger partial charge >= 0.3 is 5.97 Å². The van der Waals surface area contributed by atoms with Crippen molar-refractivity contribution >= 4 is 45.2 Å². The Morgan fingerprint density at radius 2 is 2.29 bits per heavy atom. The summed E-state index contributed by atoms with van der Waals surface area (Å²) in [5.41, 5.74) is 0.246. The summed E-state index contributed by atoms with van der Waals surface area (Å²) in [5, 5.41) is 21.3. The number of rotatable bonds is 5. The second kappa shape index (κ2) is 6.94. The first-order valence-corrected chi connectivity index (χ1v) is 10.2. The van der Waals surface area contributed by atoms with Crippen molar-refractivity contribution < 1.29 is 19.4 Å². The van der Waals surface area contributed by atoms with Gasteiger partial charge in [0.05, 0.1) is 19.1 Å². The van der Waals surface area contributed by atoms with Crippen LogP contribution < -0.4 is 0 Å². The Morgan fingerprint density at radius 3 is 2.88 bits per heavy atom. The van der Waals surface area contributed by atoms with Crippen molar-refractivity contribution in [3.63, 3.8) is 0 Å². The molecule has 0 aromatic carbocycles. The van der Waals surface area contributed by atoms with E-state index in [1.165, 1.54) is 50.0 Å². The molecule has 1 N–H and O–H groups in total. The fourth-order valence-electron chi connectivity index (χ4n) is 2.43. The highest BCUT2D eigenvalue weighted by atomic mass is 33.1. The van der Waals surface area contributed by atoms with Crippen molar-refractivity contribution in [2.75, 3.05) is 12.9 Å². The minimum atomic E-state index is -0.758. The third-order valence-corrected chi connectivity index (χ3v) is 7.69. The molecule has 1 aromatic heterocycles. The Morgan fingerprint density at radius 1 is 1.54 bits per heavy atom. The predicted octanol–water partition coefficient (Wildman–Crippen LogP) is 0.247. The summed E-state index contributed by atoms with van der Waals surface area (Å²) in [6.45, 7) is 1.58. The molecular weight excluding hydrogens is 374 g/mol. The number of esters is 1. The SMILES string of the molecule is COC(=O)C1=C(CSc2nnnn2C)SS[C@@H]2[C@@H]([C@@H](C)O)C(=O)N12. The second-order valence-corrected chi connectivity index (χ2v) is 8.54. The summed E-state index contributed by atoms with van der Waals surface area (Å²) < 4.78 is 6.38. The number of fused-ring (bicyclic) bond motifs is 1. The molecule has 9 nitrogen and oxygen atoms in total. The number of carbonyl (C=O) groups excluding carboxylic acids is 2. The van der Waals surface area contributed by atoms with Gasteiger partial charge in [-0.25, -0.2) is 9.48 Å². The minimum Gasteiger partial charge on any atom is -0.464 e. The Balaban J connectivity index is 1.85. The summed E-state index contributed by atoms with van der Waals surface area (Å²) >= 11 is 1.37. The topological polar surface area (TPSA) is 110 Å². The van der Waals surface area contributed by atoms with Gasteiger partial charge in [-0.3, -0.25) is 9.69 Å². The van der Waals surface area contributed by atoms with Gasteiger partial charge in [-0.2, -0.15) is 0 Å². The van der Waals surface area contributed by atoms with Crippen LogP contribution in [0.2, 0.25) is 0 Å². The van der Waals surface area contributed by atoms with Gasteiger partial charge in [0.25, 0.3) is 0 Å². The standard InChI is InChI=1S/C12H15N5O4S3/c1-5(18)7-9(19)17-8(11(20)21-3)6(23-24-10(7)17)4-22-12-13-14-15-16(12)2/h5,7,10,18H,4H2,1-3H3/t5-,7+,10-/m1/s1. The highest BCUT2D eigenvalue weighted by Crippen LogP contribution is 2.53. The molecule has 2 aliphatic rings. The number of ether oxygens (including phenoxy) is 1. The van der Waals surface area contributed by atoms with Crippen LogP contribution in [0.3, 0.4) is 0 Å². The molecule has 0 unspecified atom stereocenters. The molecule has 0 spiro atoms. The van der Waals surface area contributed by atoms with E-state index in [9.17, 15) is 14.7 Å². The van der Waals surface area contributed by atoms with Crippen molar-refractivity contribution in [3.8, 4) is 0 Å². The zero-order valence-corrected chi connectivity index (χ0v) is 15.5. The average molecular weight is 389 g/mol. The highest BCUT2D eigenvalue weighted by molar-refractivity contribution is 8.78. The minimum absolute atomic E-state index is 0.246. The van der Waals surface area contributed by atoms with Crippen LogP contribution >= 0.6 is 33.3 Å². The van der Waals surface area contributed by atoms with Crippen LogP contribution in [0.15, 0.2) is 15.8 Å². The molecule has 1 saturated heterocycles. The quantitative estimate of drug-likeness (QED) is 0.325. The van der Waals surface area contributed by atoms with E-state index in [1.54, 1.807) is 14.0 Å². The molecular formula is C12H15N5O4S3. The van der Waals surface area contributed by atoms with Gasteiger partial charge in [-0.05, 0) is 17.4 Å². The molecule has 0 saturated carbocycles. The summed E-state index contributed by atoms with van der Waals surface area (Å²) in [4.78, 5) is 26.7. The zero-order valence-electron chi connectivity index (χ0n) is 13.1. The van der Waals surface area contributed by atoms with Gasteiger partial charge in [-0.1, -0.05) is 33.3 Å². The number of hydrogen-bond donors (Lipinski definition) is 1. The van der Waals surface area contributed by atoms with Crippen LogP contribution in [0.4, 0.5) is 0 Å². The van der Waals surface area contributed by atoms with E-state index >= 15 is 0 Å². The first-order chi connectivity index (χ1) is 11.5. The molecule has 1 aromatic rings. The number of amides is 1. The number of aliphatic hydroxyl groups is 1. The number of aryl methyl sites for hydroxylation is 1. The van der Waals surface area contributed by atoms with Crippen molar-refractivity contribution in [1.29, 1.82) is 0 Å². The van der Waals surface area contributed by atoms with Gasteiger partial charge in [0.2, 0.25) is 11.1 Å². The van der Waals surface area contributed by atoms with E-state index in [4.69, 9.17) is 4.74 Å². The molecule has 0 bridgehead atoms. The Hall–Kier alpha value is -1.24. The lowest BCUT2D eigenvalue weighted by Gasteiger charge is -2.50. The van der Waals surface area contributed by atoms with Gasteiger partial charge < -0.3 is 9.84 Å². The lowest BCUT2D eigenvalue weighted by atomic mass is 9.92. The molecule has 12 heteroatoms. The summed E-state index contributed by atoms with van der Waals surface area (Å²) in [6, 6.07) is 0. The van der Waals surface area contributed by atoms with Gasteiger partial charge in [0.15, 0.2) is 0 Å². The van der Waals surface area contributed by atoms with E-state index in [-0.39, 0.29) is 17.0 Å². The van der Waals surface area contributed by atoms with Crippen molar-refractivity contribution in [1.82, 2.24) is 25.1 Å². The number of β-lactam (4-membered cyclic amide) rings is 1. The smallest absolute Gasteiger partial charge is 0.355 e. The second-order valence-electron chi connectivity index (χ2n) is 5.18. The fraction of sp³-hybridized carbons (Fsp3) is 0.583. The molecule has 24 heavy (non-hydrogen) atoms. The van der Waals surface area contributed by atoms with E-state index in [2.05, 4.69) is 15.5 Å². The Labute approximate surface area is 149 Å². The summed E-state index contributed by atoms with van der Waals surface area (Å²) in [6.07, 6.45) is -0.758. The number of carbonyl (C=O) groups is 2. The third kappa shape index (κ3) is 2.91. The van der Waals surface area contributed by atoms with Gasteiger partial charge in [0, 0.05) is 17.7 Å². The Kier molecular flexibility index (Phi) is 5.08. The average Bonchev–Trinajstić information content (AvgIpc) is 2.96. The predicted molar refractivity (Wildman–Crippen MR) is 89.6 cm³/mol. The number of methoxy groups -OCH3 is 1. The van der Waals surface area contributed by atoms with Gasteiger partial charge in [-0.15, -0.1) is 5.10 Å². The van der Waals surface area contributed by atoms with Crippen LogP contribution in [0, 0.1) is 5.92 Å². The number of nitrogens with zero attached hydrogens (tertiary/aromatic N) is 5. The van der Waals surface area contributed by atoms with Crippen LogP contribution in [-0.2, 0) is 21.4 Å². The molecule has 1 amide bonds. The number of aromatic nitrogens is 4. The van der Waals surface area contributed by atoms with E-state index in [0.717, 1.165) is 0 Å². The van der Waals surface area contributed by atoms with Crippen molar-refractivity contribution in [2.45, 2.75) is 23.6 Å². The first-order valence-electron chi connectivity index (χ1n) is 6.96. The third-order valence-electron chi connectivity index (χ3n) is 3.65. The molecule has 2 aliphatic heterocycles. The normalized spacial score (nSPS) is 24.5. The molecule has 1 fully saturated rings. The van der Waals surface area contributed by atoms with E-state index in [1.807, 2.05) is 0 Å². The largest absolute Gasteiger partial charge is 0.464 e. The zero-order chi connectivity index (χ0) is 17.4. The monoisotopic (exact) mass is 389 g/mol. The molecule has 0 aliphatic carbocycles. The van der Waals surface area contributed by atoms with E-state index in [0.29, 0.717) is 15.8 Å². The number of aliphatic hydroxyl groups excluding tert-OH is 1. The van der Waals surface area contributed by atoms with E-state index < -0.39 is 18.0 Å². The first kappa shape index (κ1) is 17.6. The van der Waals surface area contributed by atoms with Crippen LogP contribution in [0.5, 0.6) is 0 Å². The number of hydrogen-bond acceptors (Lipinski definition) is 10. The maximum absolute atomic E-state index is 12.4. The lowest BCUT2D eigenvalue weighted by molar-refractivity contribution is -0.158. The lowest BCUT2D eigenvalue weighted by Crippen LogP contribution is -2.63. The molecule has 3 heterocycles. The molecule has 130 valence electrons. The van der Waals surface area contributed by atoms with Gasteiger partial charge in [0.1, 0.15) is 11.1 Å². The molecule has 0 radical (unpaired) electrons. The maximum atomic E-state index is 12.4. The summed E-state index contributed by atoms with van der Waals surface area (Å²) in [5.74, 6) is -0.881. The number of thioether (sulfide) groups is 1. The highest BCUT2D eigenvalue weighted by Gasteiger charge is 2.55. The van der Waals surface area contributed by atoms with Crippen LogP contribution in [0.25, 0.3) is 0 Å². The Bertz CT molecular complexity index is 707.